The Morgan fingerprint density at radius 2 is 1.53 bits per heavy atom. The smallest absolute Gasteiger partial charge is 0.398 e. The number of benzene rings is 1. The topological polar surface area (TPSA) is 26.0 Å². The van der Waals surface area contributed by atoms with Crippen molar-refractivity contribution in [1.29, 1.82) is 0 Å². The molecule has 1 aromatic carbocycles. The van der Waals surface area contributed by atoms with Crippen LogP contribution in [0, 0.1) is 0 Å². The summed E-state index contributed by atoms with van der Waals surface area (Å²) in [5, 5.41) is 0. The normalized spacial score (nSPS) is 12.9. The van der Waals surface area contributed by atoms with Crippen molar-refractivity contribution in [2.45, 2.75) is 25.7 Å². The maximum absolute atomic E-state index is 12.6. The summed E-state index contributed by atoms with van der Waals surface area (Å²) in [5.74, 6) is 0. The number of anilines is 1. The van der Waals surface area contributed by atoms with Gasteiger partial charge in [0, 0.05) is 5.69 Å². The number of nitrogen functional groups attached to an aromatic ring is 1. The van der Waals surface area contributed by atoms with E-state index >= 15 is 0 Å². The van der Waals surface area contributed by atoms with Crippen LogP contribution in [-0.4, -0.2) is 0 Å². The van der Waals surface area contributed by atoms with E-state index in [0.29, 0.717) is 6.07 Å². The van der Waals surface area contributed by atoms with Gasteiger partial charge in [0.2, 0.25) is 0 Å². The van der Waals surface area contributed by atoms with E-state index in [4.69, 9.17) is 5.73 Å². The molecule has 96 valence electrons. The Hall–Kier alpha value is -1.40. The largest absolute Gasteiger partial charge is 0.416 e. The molecule has 0 saturated heterocycles. The Labute approximate surface area is 93.2 Å². The van der Waals surface area contributed by atoms with Crippen LogP contribution in [0.2, 0.25) is 0 Å². The molecule has 7 heteroatoms. The average Bonchev–Trinajstić information content (AvgIpc) is 2.13. The van der Waals surface area contributed by atoms with Gasteiger partial charge in [0.05, 0.1) is 11.1 Å². The summed E-state index contributed by atoms with van der Waals surface area (Å²) in [4.78, 5) is 0. The van der Waals surface area contributed by atoms with Crippen molar-refractivity contribution in [3.8, 4) is 0 Å². The second-order valence-corrected chi connectivity index (χ2v) is 3.44. The summed E-state index contributed by atoms with van der Waals surface area (Å²) in [6.45, 7) is 1.40. The lowest BCUT2D eigenvalue weighted by atomic mass is 9.99. The molecule has 1 nitrogen and oxygen atoms in total. The van der Waals surface area contributed by atoms with E-state index in [-0.39, 0.29) is 18.1 Å². The molecule has 0 fully saturated rings. The highest BCUT2D eigenvalue weighted by Crippen LogP contribution is 2.39. The Morgan fingerprint density at radius 1 is 1.00 bits per heavy atom. The van der Waals surface area contributed by atoms with E-state index in [1.807, 2.05) is 0 Å². The first-order valence-electron chi connectivity index (χ1n) is 4.64. The lowest BCUT2D eigenvalue weighted by molar-refractivity contribution is -0.143. The van der Waals surface area contributed by atoms with Gasteiger partial charge in [0.25, 0.3) is 0 Å². The van der Waals surface area contributed by atoms with Gasteiger partial charge < -0.3 is 5.73 Å². The molecule has 0 spiro atoms. The Kier molecular flexibility index (Phi) is 3.31. The highest BCUT2D eigenvalue weighted by molar-refractivity contribution is 5.55. The third kappa shape index (κ3) is 2.83. The molecule has 2 N–H and O–H groups in total. The summed E-state index contributed by atoms with van der Waals surface area (Å²) in [7, 11) is 0. The van der Waals surface area contributed by atoms with Crippen LogP contribution in [0.3, 0.4) is 0 Å². The van der Waals surface area contributed by atoms with Crippen molar-refractivity contribution >= 4 is 5.69 Å². The lowest BCUT2D eigenvalue weighted by Crippen LogP contribution is -2.15. The second-order valence-electron chi connectivity index (χ2n) is 3.44. The Balaban J connectivity index is 3.51. The van der Waals surface area contributed by atoms with Gasteiger partial charge in [0.15, 0.2) is 0 Å². The fourth-order valence-electron chi connectivity index (χ4n) is 1.51. The maximum Gasteiger partial charge on any atom is 0.416 e. The third-order valence-electron chi connectivity index (χ3n) is 2.27. The van der Waals surface area contributed by atoms with Crippen LogP contribution in [0.1, 0.15) is 23.6 Å². The van der Waals surface area contributed by atoms with Crippen molar-refractivity contribution in [3.63, 3.8) is 0 Å². The molecule has 0 radical (unpaired) electrons. The van der Waals surface area contributed by atoms with E-state index in [2.05, 4.69) is 0 Å². The molecule has 0 heterocycles. The average molecular weight is 257 g/mol. The molecule has 1 rings (SSSR count). The Morgan fingerprint density at radius 3 is 1.88 bits per heavy atom. The fraction of sp³-hybridized carbons (Fsp3) is 0.400. The molecular formula is C10H9F6N. The van der Waals surface area contributed by atoms with Crippen LogP contribution in [-0.2, 0) is 18.8 Å². The van der Waals surface area contributed by atoms with E-state index < -0.39 is 29.2 Å². The molecule has 1 aromatic rings. The van der Waals surface area contributed by atoms with E-state index in [1.54, 1.807) is 0 Å². The predicted molar refractivity (Wildman–Crippen MR) is 50.2 cm³/mol. The van der Waals surface area contributed by atoms with Gasteiger partial charge in [-0.3, -0.25) is 0 Å². The summed E-state index contributed by atoms with van der Waals surface area (Å²) in [5.41, 5.74) is 1.70. The van der Waals surface area contributed by atoms with E-state index in [9.17, 15) is 26.3 Å². The van der Waals surface area contributed by atoms with Gasteiger partial charge in [-0.15, -0.1) is 0 Å². The SMILES string of the molecule is CCc1c(N)cc(C(F)(F)F)cc1C(F)(F)F. The quantitative estimate of drug-likeness (QED) is 0.599. The summed E-state index contributed by atoms with van der Waals surface area (Å²) >= 11 is 0. The van der Waals surface area contributed by atoms with Gasteiger partial charge in [0.1, 0.15) is 0 Å². The predicted octanol–water partition coefficient (Wildman–Crippen LogP) is 3.87. The Bertz CT molecular complexity index is 418. The van der Waals surface area contributed by atoms with Crippen LogP contribution < -0.4 is 5.73 Å². The first-order chi connectivity index (χ1) is 7.57. The monoisotopic (exact) mass is 257 g/mol. The van der Waals surface area contributed by atoms with Gasteiger partial charge >= 0.3 is 12.4 Å². The molecule has 0 aliphatic heterocycles. The number of halogens is 6. The zero-order chi connectivity index (χ0) is 13.4. The first kappa shape index (κ1) is 13.7. The molecule has 0 bridgehead atoms. The van der Waals surface area contributed by atoms with Crippen molar-refractivity contribution < 1.29 is 26.3 Å². The standard InChI is InChI=1S/C10H9F6N/c1-2-6-7(10(14,15)16)3-5(4-8(6)17)9(11,12)13/h3-4H,2,17H2,1H3. The molecule has 0 amide bonds. The summed E-state index contributed by atoms with van der Waals surface area (Å²) in [6, 6.07) is 0.614. The highest BCUT2D eigenvalue weighted by Gasteiger charge is 2.38. The molecular weight excluding hydrogens is 248 g/mol. The first-order valence-corrected chi connectivity index (χ1v) is 4.64. The zero-order valence-electron chi connectivity index (χ0n) is 8.71. The number of alkyl halides is 6. The number of hydrogen-bond acceptors (Lipinski definition) is 1. The minimum Gasteiger partial charge on any atom is -0.398 e. The minimum absolute atomic E-state index is 0.0845. The van der Waals surface area contributed by atoms with Gasteiger partial charge in [-0.05, 0) is 24.1 Å². The van der Waals surface area contributed by atoms with Crippen molar-refractivity contribution in [3.05, 3.63) is 28.8 Å². The fourth-order valence-corrected chi connectivity index (χ4v) is 1.51. The van der Waals surface area contributed by atoms with Crippen molar-refractivity contribution in [2.24, 2.45) is 0 Å². The van der Waals surface area contributed by atoms with E-state index in [1.165, 1.54) is 6.92 Å². The van der Waals surface area contributed by atoms with Gasteiger partial charge in [-0.1, -0.05) is 6.92 Å². The minimum atomic E-state index is -4.85. The summed E-state index contributed by atoms with van der Waals surface area (Å²) in [6.07, 6.45) is -9.78. The summed E-state index contributed by atoms with van der Waals surface area (Å²) < 4.78 is 74.7. The molecule has 0 aliphatic rings. The van der Waals surface area contributed by atoms with Crippen molar-refractivity contribution in [1.82, 2.24) is 0 Å². The molecule has 0 aliphatic carbocycles. The maximum atomic E-state index is 12.6. The van der Waals surface area contributed by atoms with Crippen LogP contribution in [0.5, 0.6) is 0 Å². The molecule has 0 atom stereocenters. The van der Waals surface area contributed by atoms with Crippen LogP contribution in [0.4, 0.5) is 32.0 Å². The zero-order valence-corrected chi connectivity index (χ0v) is 8.71. The molecule has 0 aromatic heterocycles. The van der Waals surface area contributed by atoms with Crippen molar-refractivity contribution in [2.75, 3.05) is 5.73 Å². The van der Waals surface area contributed by atoms with Crippen LogP contribution in [0.15, 0.2) is 12.1 Å². The van der Waals surface area contributed by atoms with Crippen LogP contribution in [0.25, 0.3) is 0 Å². The second kappa shape index (κ2) is 4.12. The number of nitrogens with two attached hydrogens (primary N) is 1. The van der Waals surface area contributed by atoms with Crippen LogP contribution >= 0.6 is 0 Å². The highest BCUT2D eigenvalue weighted by atomic mass is 19.4. The lowest BCUT2D eigenvalue weighted by Gasteiger charge is -2.17. The van der Waals surface area contributed by atoms with Gasteiger partial charge in [-0.25, -0.2) is 0 Å². The van der Waals surface area contributed by atoms with Gasteiger partial charge in [-0.2, -0.15) is 26.3 Å². The number of rotatable bonds is 1. The molecule has 17 heavy (non-hydrogen) atoms. The number of hydrogen-bond donors (Lipinski definition) is 1. The third-order valence-corrected chi connectivity index (χ3v) is 2.27. The molecule has 0 saturated carbocycles. The molecule has 0 unspecified atom stereocenters. The van der Waals surface area contributed by atoms with E-state index in [0.717, 1.165) is 0 Å².